The highest BCUT2D eigenvalue weighted by atomic mass is 35.5. The molecule has 0 aliphatic carbocycles. The summed E-state index contributed by atoms with van der Waals surface area (Å²) in [5.41, 5.74) is -0.151. The molecule has 0 aliphatic rings. The van der Waals surface area contributed by atoms with Crippen molar-refractivity contribution in [3.05, 3.63) is 29.0 Å². The van der Waals surface area contributed by atoms with Crippen molar-refractivity contribution >= 4 is 39.2 Å². The summed E-state index contributed by atoms with van der Waals surface area (Å²) < 4.78 is 43.8. The van der Waals surface area contributed by atoms with Crippen molar-refractivity contribution in [3.8, 4) is 0 Å². The van der Waals surface area contributed by atoms with Gasteiger partial charge in [0.15, 0.2) is 6.61 Å². The van der Waals surface area contributed by atoms with E-state index in [-0.39, 0.29) is 16.5 Å². The number of carbonyl (C=O) groups is 2. The van der Waals surface area contributed by atoms with Crippen LogP contribution in [0.25, 0.3) is 0 Å². The number of unbranched alkanes of at least 4 members (excludes halogenated alkanes) is 1. The normalized spacial score (nSPS) is 12.5. The maximum absolute atomic E-state index is 13.5. The lowest BCUT2D eigenvalue weighted by Crippen LogP contribution is -2.41. The molecule has 7 nitrogen and oxygen atoms in total. The van der Waals surface area contributed by atoms with Gasteiger partial charge in [0.05, 0.1) is 11.4 Å². The fourth-order valence-electron chi connectivity index (χ4n) is 1.75. The average Bonchev–Trinajstić information content (AvgIpc) is 2.53. The maximum Gasteiger partial charge on any atom is 0.324 e. The van der Waals surface area contributed by atoms with Crippen LogP contribution in [0.2, 0.25) is 5.02 Å². The summed E-state index contributed by atoms with van der Waals surface area (Å²) in [6.45, 7) is 2.46. The van der Waals surface area contributed by atoms with Gasteiger partial charge in [0.2, 0.25) is 10.0 Å². The van der Waals surface area contributed by atoms with Crippen molar-refractivity contribution in [2.24, 2.45) is 0 Å². The van der Waals surface area contributed by atoms with Crippen molar-refractivity contribution < 1.29 is 27.1 Å². The van der Waals surface area contributed by atoms with Gasteiger partial charge >= 0.3 is 5.97 Å². The smallest absolute Gasteiger partial charge is 0.324 e. The predicted octanol–water partition coefficient (Wildman–Crippen LogP) is 2.07. The molecule has 1 aromatic rings. The predicted molar refractivity (Wildman–Crippen MR) is 92.3 cm³/mol. The van der Waals surface area contributed by atoms with E-state index in [0.717, 1.165) is 6.07 Å². The zero-order valence-electron chi connectivity index (χ0n) is 13.8. The van der Waals surface area contributed by atoms with Crippen LogP contribution in [-0.4, -0.2) is 38.7 Å². The summed E-state index contributed by atoms with van der Waals surface area (Å²) in [4.78, 5) is 23.4. The average molecular weight is 395 g/mol. The molecular weight excluding hydrogens is 375 g/mol. The Morgan fingerprint density at radius 2 is 2.04 bits per heavy atom. The van der Waals surface area contributed by atoms with Crippen molar-refractivity contribution in [3.63, 3.8) is 0 Å². The summed E-state index contributed by atoms with van der Waals surface area (Å²) in [5.74, 6) is -2.49. The van der Waals surface area contributed by atoms with Crippen molar-refractivity contribution in [2.45, 2.75) is 32.7 Å². The second kappa shape index (κ2) is 9.69. The molecule has 0 aliphatic heterocycles. The minimum absolute atomic E-state index is 0.102. The molecule has 0 bridgehead atoms. The van der Waals surface area contributed by atoms with E-state index in [1.54, 1.807) is 0 Å². The van der Waals surface area contributed by atoms with Crippen molar-refractivity contribution in [1.82, 2.24) is 4.72 Å². The van der Waals surface area contributed by atoms with Crippen LogP contribution in [0.1, 0.15) is 26.7 Å². The lowest BCUT2D eigenvalue weighted by atomic mass is 10.3. The van der Waals surface area contributed by atoms with Gasteiger partial charge in [-0.1, -0.05) is 24.9 Å². The first-order valence-electron chi connectivity index (χ1n) is 7.56. The summed E-state index contributed by atoms with van der Waals surface area (Å²) in [6.07, 6.45) is 1.16. The molecule has 0 saturated heterocycles. The number of hydrogen-bond acceptors (Lipinski definition) is 5. The Hall–Kier alpha value is -1.71. The fourth-order valence-corrected chi connectivity index (χ4v) is 3.35. The minimum atomic E-state index is -3.60. The number of ether oxygens (including phenoxy) is 1. The van der Waals surface area contributed by atoms with Gasteiger partial charge in [-0.3, -0.25) is 9.59 Å². The van der Waals surface area contributed by atoms with E-state index in [1.165, 1.54) is 19.1 Å². The third kappa shape index (κ3) is 7.80. The number of anilines is 1. The number of carbonyl (C=O) groups excluding carboxylic acids is 2. The Morgan fingerprint density at radius 1 is 1.36 bits per heavy atom. The zero-order valence-corrected chi connectivity index (χ0v) is 15.4. The van der Waals surface area contributed by atoms with Gasteiger partial charge in [0.1, 0.15) is 11.9 Å². The third-order valence-electron chi connectivity index (χ3n) is 3.02. The number of nitrogens with one attached hydrogen (secondary N) is 2. The lowest BCUT2D eigenvalue weighted by molar-refractivity contribution is -0.148. The number of benzene rings is 1. The van der Waals surface area contributed by atoms with Crippen LogP contribution in [-0.2, 0) is 24.3 Å². The molecule has 1 aromatic carbocycles. The van der Waals surface area contributed by atoms with E-state index in [0.29, 0.717) is 12.8 Å². The molecule has 0 heterocycles. The molecule has 0 spiro atoms. The first-order chi connectivity index (χ1) is 11.6. The highest BCUT2D eigenvalue weighted by Crippen LogP contribution is 2.19. The van der Waals surface area contributed by atoms with E-state index in [2.05, 4.69) is 10.0 Å². The second-order valence-corrected chi connectivity index (χ2v) is 7.60. The molecular formula is C15H20ClFN2O5S. The number of esters is 1. The first-order valence-corrected chi connectivity index (χ1v) is 9.59. The zero-order chi connectivity index (χ0) is 19.0. The van der Waals surface area contributed by atoms with Gasteiger partial charge in [0.25, 0.3) is 5.91 Å². The molecule has 25 heavy (non-hydrogen) atoms. The molecule has 1 rings (SSSR count). The van der Waals surface area contributed by atoms with Crippen LogP contribution >= 0.6 is 11.6 Å². The summed E-state index contributed by atoms with van der Waals surface area (Å²) in [7, 11) is -3.60. The Kier molecular flexibility index (Phi) is 8.27. The fraction of sp³-hybridized carbons (Fsp3) is 0.467. The number of amides is 1. The summed E-state index contributed by atoms with van der Waals surface area (Å²) >= 11 is 5.70. The molecule has 2 N–H and O–H groups in total. The molecule has 1 amide bonds. The molecule has 0 unspecified atom stereocenters. The van der Waals surface area contributed by atoms with Gasteiger partial charge < -0.3 is 10.1 Å². The molecule has 0 fully saturated rings. The first kappa shape index (κ1) is 21.3. The van der Waals surface area contributed by atoms with E-state index >= 15 is 0 Å². The van der Waals surface area contributed by atoms with Crippen LogP contribution in [0.4, 0.5) is 10.1 Å². The number of halogens is 2. The number of sulfonamides is 1. The van der Waals surface area contributed by atoms with Crippen LogP contribution in [0.15, 0.2) is 18.2 Å². The second-order valence-electron chi connectivity index (χ2n) is 5.29. The third-order valence-corrected chi connectivity index (χ3v) is 4.80. The van der Waals surface area contributed by atoms with Crippen LogP contribution < -0.4 is 10.0 Å². The van der Waals surface area contributed by atoms with E-state index in [9.17, 15) is 22.4 Å². The van der Waals surface area contributed by atoms with Gasteiger partial charge in [-0.15, -0.1) is 0 Å². The van der Waals surface area contributed by atoms with Crippen molar-refractivity contribution in [2.75, 3.05) is 17.7 Å². The van der Waals surface area contributed by atoms with Crippen LogP contribution in [0, 0.1) is 5.82 Å². The molecule has 1 atom stereocenters. The highest BCUT2D eigenvalue weighted by molar-refractivity contribution is 7.89. The number of hydrogen-bond donors (Lipinski definition) is 2. The molecule has 0 radical (unpaired) electrons. The largest absolute Gasteiger partial charge is 0.454 e. The van der Waals surface area contributed by atoms with Crippen LogP contribution in [0.5, 0.6) is 0 Å². The van der Waals surface area contributed by atoms with Gasteiger partial charge in [-0.2, -0.15) is 0 Å². The molecule has 10 heteroatoms. The highest BCUT2D eigenvalue weighted by Gasteiger charge is 2.22. The molecule has 140 valence electrons. The quantitative estimate of drug-likeness (QED) is 0.624. The van der Waals surface area contributed by atoms with Crippen molar-refractivity contribution in [1.29, 1.82) is 0 Å². The van der Waals surface area contributed by atoms with E-state index < -0.39 is 40.4 Å². The van der Waals surface area contributed by atoms with E-state index in [1.807, 2.05) is 6.92 Å². The Labute approximate surface area is 150 Å². The van der Waals surface area contributed by atoms with Crippen LogP contribution in [0.3, 0.4) is 0 Å². The topological polar surface area (TPSA) is 102 Å². The lowest BCUT2D eigenvalue weighted by Gasteiger charge is -2.13. The summed E-state index contributed by atoms with van der Waals surface area (Å²) in [5, 5.41) is 2.43. The van der Waals surface area contributed by atoms with E-state index in [4.69, 9.17) is 16.3 Å². The molecule has 0 saturated carbocycles. The Balaban J connectivity index is 2.49. The SMILES string of the molecule is CCCCS(=O)(=O)N[C@@H](C)C(=O)OCC(=O)Nc1cc(Cl)ccc1F. The Morgan fingerprint density at radius 3 is 2.68 bits per heavy atom. The standard InChI is InChI=1S/C15H20ClFN2O5S/c1-3-4-7-25(22,23)19-10(2)15(21)24-9-14(20)18-13-8-11(16)5-6-12(13)17/h5-6,8,10,19H,3-4,7,9H2,1-2H3,(H,18,20)/t10-/m0/s1. The van der Waals surface area contributed by atoms with Gasteiger partial charge in [-0.05, 0) is 31.5 Å². The van der Waals surface area contributed by atoms with Gasteiger partial charge in [-0.25, -0.2) is 17.5 Å². The van der Waals surface area contributed by atoms with Gasteiger partial charge in [0, 0.05) is 5.02 Å². The minimum Gasteiger partial charge on any atom is -0.454 e. The number of rotatable bonds is 9. The Bertz CT molecular complexity index is 727. The molecule has 0 aromatic heterocycles. The summed E-state index contributed by atoms with van der Waals surface area (Å²) in [6, 6.07) is 2.47. The maximum atomic E-state index is 13.5. The monoisotopic (exact) mass is 394 g/mol.